The van der Waals surface area contributed by atoms with Gasteiger partial charge in [-0.3, -0.25) is 4.79 Å². The number of nitrogens with zero attached hydrogens (tertiary/aromatic N) is 2. The first-order chi connectivity index (χ1) is 11.6. The molecule has 0 saturated carbocycles. The van der Waals surface area contributed by atoms with E-state index in [1.54, 1.807) is 27.2 Å². The van der Waals surface area contributed by atoms with Crippen molar-refractivity contribution in [3.63, 3.8) is 0 Å². The molecule has 0 aliphatic carbocycles. The van der Waals surface area contributed by atoms with Gasteiger partial charge in [-0.1, -0.05) is 18.2 Å². The molecule has 2 aromatic rings. The summed E-state index contributed by atoms with van der Waals surface area (Å²) in [6.45, 7) is 3.27. The average Bonchev–Trinajstić information content (AvgIpc) is 2.59. The van der Waals surface area contributed by atoms with Crippen molar-refractivity contribution in [3.8, 4) is 5.75 Å². The summed E-state index contributed by atoms with van der Waals surface area (Å²) in [4.78, 5) is 20.8. The maximum absolute atomic E-state index is 12.4. The Morgan fingerprint density at radius 3 is 2.75 bits per heavy atom. The van der Waals surface area contributed by atoms with E-state index in [1.807, 2.05) is 24.3 Å². The van der Waals surface area contributed by atoms with Crippen molar-refractivity contribution in [2.75, 3.05) is 32.7 Å². The number of aryl methyl sites for hydroxylation is 1. The Hall–Kier alpha value is -2.67. The Morgan fingerprint density at radius 2 is 2.00 bits per heavy atom. The lowest BCUT2D eigenvalue weighted by Crippen LogP contribution is -2.25. The van der Waals surface area contributed by atoms with Crippen molar-refractivity contribution in [3.05, 3.63) is 47.4 Å². The van der Waals surface area contributed by atoms with E-state index in [1.165, 1.54) is 0 Å². The molecule has 1 aromatic carbocycles. The molecule has 0 atom stereocenters. The van der Waals surface area contributed by atoms with E-state index in [0.29, 0.717) is 37.0 Å². The number of carbonyl (C=O) groups is 1. The van der Waals surface area contributed by atoms with Crippen LogP contribution in [0.2, 0.25) is 0 Å². The molecule has 7 heteroatoms. The van der Waals surface area contributed by atoms with Crippen LogP contribution < -0.4 is 15.4 Å². The molecule has 1 heterocycles. The molecule has 7 nitrogen and oxygen atoms in total. The zero-order valence-electron chi connectivity index (χ0n) is 14.1. The molecular weight excluding hydrogens is 308 g/mol. The van der Waals surface area contributed by atoms with Gasteiger partial charge in [-0.2, -0.15) is 0 Å². The third kappa shape index (κ3) is 4.92. The molecule has 0 saturated heterocycles. The second kappa shape index (κ2) is 8.83. The van der Waals surface area contributed by atoms with E-state index in [4.69, 9.17) is 9.47 Å². The number of rotatable bonds is 8. The summed E-state index contributed by atoms with van der Waals surface area (Å²) < 4.78 is 10.3. The average molecular weight is 330 g/mol. The molecule has 128 valence electrons. The van der Waals surface area contributed by atoms with Gasteiger partial charge in [-0.15, -0.1) is 0 Å². The number of anilines is 1. The maximum Gasteiger partial charge on any atom is 0.270 e. The van der Waals surface area contributed by atoms with Crippen molar-refractivity contribution in [2.24, 2.45) is 0 Å². The van der Waals surface area contributed by atoms with Gasteiger partial charge in [-0.05, 0) is 13.0 Å². The third-order valence-corrected chi connectivity index (χ3v) is 3.31. The Kier molecular flexibility index (Phi) is 6.51. The lowest BCUT2D eigenvalue weighted by atomic mass is 10.2. The number of amides is 1. The van der Waals surface area contributed by atoms with Crippen LogP contribution in [-0.4, -0.2) is 43.2 Å². The first-order valence-corrected chi connectivity index (χ1v) is 7.62. The van der Waals surface area contributed by atoms with Crippen LogP contribution in [0.5, 0.6) is 5.75 Å². The predicted octanol–water partition coefficient (Wildman–Crippen LogP) is 1.78. The third-order valence-electron chi connectivity index (χ3n) is 3.31. The number of ether oxygens (including phenoxy) is 2. The SMILES string of the molecule is COCCNc1cc(C(=O)NCc2ccccc2OC)nc(C)n1. The molecule has 0 bridgehead atoms. The lowest BCUT2D eigenvalue weighted by Gasteiger charge is -2.10. The van der Waals surface area contributed by atoms with Gasteiger partial charge >= 0.3 is 0 Å². The van der Waals surface area contributed by atoms with Crippen LogP contribution in [0, 0.1) is 6.92 Å². The standard InChI is InChI=1S/C17H22N4O3/c1-12-20-14(10-16(21-12)18-8-9-23-2)17(22)19-11-13-6-4-5-7-15(13)24-3/h4-7,10H,8-9,11H2,1-3H3,(H,19,22)(H,18,20,21). The summed E-state index contributed by atoms with van der Waals surface area (Å²) in [5.41, 5.74) is 1.22. The maximum atomic E-state index is 12.4. The van der Waals surface area contributed by atoms with Crippen molar-refractivity contribution in [1.29, 1.82) is 0 Å². The number of methoxy groups -OCH3 is 2. The van der Waals surface area contributed by atoms with E-state index >= 15 is 0 Å². The molecule has 1 aromatic heterocycles. The van der Waals surface area contributed by atoms with Gasteiger partial charge < -0.3 is 20.1 Å². The van der Waals surface area contributed by atoms with Crippen LogP contribution in [0.4, 0.5) is 5.82 Å². The van der Waals surface area contributed by atoms with E-state index in [0.717, 1.165) is 11.3 Å². The second-order valence-corrected chi connectivity index (χ2v) is 5.10. The molecule has 0 fully saturated rings. The first-order valence-electron chi connectivity index (χ1n) is 7.62. The van der Waals surface area contributed by atoms with Crippen LogP contribution in [0.1, 0.15) is 21.9 Å². The Balaban J connectivity index is 2.03. The van der Waals surface area contributed by atoms with Crippen molar-refractivity contribution < 1.29 is 14.3 Å². The number of hydrogen-bond donors (Lipinski definition) is 2. The van der Waals surface area contributed by atoms with E-state index in [-0.39, 0.29) is 5.91 Å². The van der Waals surface area contributed by atoms with Gasteiger partial charge in [0.25, 0.3) is 5.91 Å². The van der Waals surface area contributed by atoms with Gasteiger partial charge in [0.05, 0.1) is 13.7 Å². The Morgan fingerprint density at radius 1 is 1.21 bits per heavy atom. The number of nitrogens with one attached hydrogen (secondary N) is 2. The number of para-hydroxylation sites is 1. The minimum atomic E-state index is -0.263. The molecule has 0 aliphatic rings. The quantitative estimate of drug-likeness (QED) is 0.718. The molecule has 24 heavy (non-hydrogen) atoms. The van der Waals surface area contributed by atoms with Gasteiger partial charge in [0.15, 0.2) is 0 Å². The minimum absolute atomic E-state index is 0.263. The normalized spacial score (nSPS) is 10.3. The summed E-state index contributed by atoms with van der Waals surface area (Å²) in [7, 11) is 3.23. The summed E-state index contributed by atoms with van der Waals surface area (Å²) in [6.07, 6.45) is 0. The zero-order valence-corrected chi connectivity index (χ0v) is 14.1. The highest BCUT2D eigenvalue weighted by molar-refractivity contribution is 5.92. The van der Waals surface area contributed by atoms with Crippen molar-refractivity contribution >= 4 is 11.7 Å². The fraction of sp³-hybridized carbons (Fsp3) is 0.353. The number of carbonyl (C=O) groups excluding carboxylic acids is 1. The van der Waals surface area contributed by atoms with E-state index in [9.17, 15) is 4.79 Å². The molecule has 0 radical (unpaired) electrons. The topological polar surface area (TPSA) is 85.4 Å². The van der Waals surface area contributed by atoms with Crippen LogP contribution >= 0.6 is 0 Å². The van der Waals surface area contributed by atoms with Crippen LogP contribution in [0.15, 0.2) is 30.3 Å². The second-order valence-electron chi connectivity index (χ2n) is 5.10. The predicted molar refractivity (Wildman–Crippen MR) is 91.3 cm³/mol. The molecular formula is C17H22N4O3. The van der Waals surface area contributed by atoms with Crippen LogP contribution in [-0.2, 0) is 11.3 Å². The van der Waals surface area contributed by atoms with Gasteiger partial charge in [-0.25, -0.2) is 9.97 Å². The fourth-order valence-corrected chi connectivity index (χ4v) is 2.17. The zero-order chi connectivity index (χ0) is 17.4. The highest BCUT2D eigenvalue weighted by Gasteiger charge is 2.11. The summed E-state index contributed by atoms with van der Waals surface area (Å²) in [6, 6.07) is 9.17. The van der Waals surface area contributed by atoms with Crippen LogP contribution in [0.25, 0.3) is 0 Å². The summed E-state index contributed by atoms with van der Waals surface area (Å²) >= 11 is 0. The fourth-order valence-electron chi connectivity index (χ4n) is 2.17. The number of benzene rings is 1. The van der Waals surface area contributed by atoms with Gasteiger partial charge in [0.1, 0.15) is 23.1 Å². The molecule has 1 amide bonds. The highest BCUT2D eigenvalue weighted by Crippen LogP contribution is 2.17. The van der Waals surface area contributed by atoms with E-state index < -0.39 is 0 Å². The smallest absolute Gasteiger partial charge is 0.270 e. The largest absolute Gasteiger partial charge is 0.496 e. The van der Waals surface area contributed by atoms with E-state index in [2.05, 4.69) is 20.6 Å². The van der Waals surface area contributed by atoms with Gasteiger partial charge in [0.2, 0.25) is 0 Å². The first kappa shape index (κ1) is 17.7. The summed E-state index contributed by atoms with van der Waals surface area (Å²) in [5.74, 6) is 1.60. The number of hydrogen-bond acceptors (Lipinski definition) is 6. The van der Waals surface area contributed by atoms with Crippen LogP contribution in [0.3, 0.4) is 0 Å². The molecule has 2 N–H and O–H groups in total. The molecule has 0 aliphatic heterocycles. The molecule has 0 unspecified atom stereocenters. The monoisotopic (exact) mass is 330 g/mol. The number of aromatic nitrogens is 2. The highest BCUT2D eigenvalue weighted by atomic mass is 16.5. The molecule has 0 spiro atoms. The van der Waals surface area contributed by atoms with Gasteiger partial charge in [0, 0.05) is 31.8 Å². The molecule has 2 rings (SSSR count). The Labute approximate surface area is 141 Å². The van der Waals surface area contributed by atoms with Crippen molar-refractivity contribution in [1.82, 2.24) is 15.3 Å². The minimum Gasteiger partial charge on any atom is -0.496 e. The van der Waals surface area contributed by atoms with Crippen molar-refractivity contribution in [2.45, 2.75) is 13.5 Å². The lowest BCUT2D eigenvalue weighted by molar-refractivity contribution is 0.0945. The Bertz CT molecular complexity index is 691. The summed E-state index contributed by atoms with van der Waals surface area (Å²) in [5, 5.41) is 5.95.